The molecule has 28 heavy (non-hydrogen) atoms. The number of aliphatic carboxylic acids is 1. The van der Waals surface area contributed by atoms with Crippen LogP contribution in [-0.2, 0) is 4.79 Å². The van der Waals surface area contributed by atoms with E-state index in [2.05, 4.69) is 5.32 Å². The SMILES string of the molecule is CCCCOc1c(Cl)cc(/C=C(/NC(=O)c2ccccc2)C(=O)O)cc1OC. The molecule has 0 spiro atoms. The molecule has 6 nitrogen and oxygen atoms in total. The Morgan fingerprint density at radius 3 is 2.54 bits per heavy atom. The standard InChI is InChI=1S/C21H22ClNO5/c1-3-4-10-28-19-16(22)11-14(13-18(19)27-2)12-17(21(25)26)23-20(24)15-8-6-5-7-9-15/h5-9,11-13H,3-4,10H2,1-2H3,(H,23,24)(H,25,26)/b17-12+. The van der Waals surface area contributed by atoms with Crippen LogP contribution in [0.3, 0.4) is 0 Å². The summed E-state index contributed by atoms with van der Waals surface area (Å²) in [4.78, 5) is 23.8. The van der Waals surface area contributed by atoms with Gasteiger partial charge in [0.25, 0.3) is 5.91 Å². The van der Waals surface area contributed by atoms with Crippen molar-refractivity contribution in [3.63, 3.8) is 0 Å². The molecule has 0 saturated heterocycles. The zero-order valence-corrected chi connectivity index (χ0v) is 16.5. The summed E-state index contributed by atoms with van der Waals surface area (Å²) in [5, 5.41) is 12.1. The predicted molar refractivity (Wildman–Crippen MR) is 108 cm³/mol. The van der Waals surface area contributed by atoms with Gasteiger partial charge >= 0.3 is 5.97 Å². The van der Waals surface area contributed by atoms with Crippen molar-refractivity contribution in [2.45, 2.75) is 19.8 Å². The normalized spacial score (nSPS) is 11.0. The summed E-state index contributed by atoms with van der Waals surface area (Å²) in [7, 11) is 1.47. The Kier molecular flexibility index (Phi) is 7.89. The Balaban J connectivity index is 2.29. The molecule has 1 amide bonds. The van der Waals surface area contributed by atoms with Crippen LogP contribution in [0.2, 0.25) is 5.02 Å². The second-order valence-electron chi connectivity index (χ2n) is 5.92. The maximum atomic E-state index is 12.3. The van der Waals surface area contributed by atoms with Gasteiger partial charge in [-0.2, -0.15) is 0 Å². The Bertz CT molecular complexity index is 865. The minimum Gasteiger partial charge on any atom is -0.493 e. The van der Waals surface area contributed by atoms with Crippen LogP contribution >= 0.6 is 11.6 Å². The van der Waals surface area contributed by atoms with Gasteiger partial charge in [-0.1, -0.05) is 43.1 Å². The molecule has 2 aromatic carbocycles. The number of benzene rings is 2. The van der Waals surface area contributed by atoms with Gasteiger partial charge in [-0.25, -0.2) is 4.79 Å². The van der Waals surface area contributed by atoms with Gasteiger partial charge in [-0.05, 0) is 42.3 Å². The van der Waals surface area contributed by atoms with Crippen LogP contribution in [-0.4, -0.2) is 30.7 Å². The Morgan fingerprint density at radius 2 is 1.93 bits per heavy atom. The van der Waals surface area contributed by atoms with Gasteiger partial charge in [0.1, 0.15) is 5.70 Å². The number of unbranched alkanes of at least 4 members (excludes halogenated alkanes) is 1. The Morgan fingerprint density at radius 1 is 1.21 bits per heavy atom. The van der Waals surface area contributed by atoms with Gasteiger partial charge in [0.15, 0.2) is 11.5 Å². The van der Waals surface area contributed by atoms with Gasteiger partial charge in [0.2, 0.25) is 0 Å². The number of carbonyl (C=O) groups is 2. The quantitative estimate of drug-likeness (QED) is 0.479. The highest BCUT2D eigenvalue weighted by Gasteiger charge is 2.16. The second kappa shape index (κ2) is 10.4. The first-order chi connectivity index (χ1) is 13.5. The van der Waals surface area contributed by atoms with Gasteiger partial charge in [-0.15, -0.1) is 0 Å². The minimum atomic E-state index is -1.28. The molecular formula is C21H22ClNO5. The fourth-order valence-electron chi connectivity index (χ4n) is 2.38. The summed E-state index contributed by atoms with van der Waals surface area (Å²) in [6.07, 6.45) is 3.16. The zero-order valence-electron chi connectivity index (χ0n) is 15.7. The summed E-state index contributed by atoms with van der Waals surface area (Å²) < 4.78 is 11.0. The van der Waals surface area contributed by atoms with Crippen LogP contribution < -0.4 is 14.8 Å². The second-order valence-corrected chi connectivity index (χ2v) is 6.33. The number of carbonyl (C=O) groups excluding carboxylic acids is 1. The van der Waals surface area contributed by atoms with Crippen molar-refractivity contribution in [1.29, 1.82) is 0 Å². The molecule has 0 fully saturated rings. The smallest absolute Gasteiger partial charge is 0.352 e. The van der Waals surface area contributed by atoms with Crippen LogP contribution in [0.25, 0.3) is 6.08 Å². The fourth-order valence-corrected chi connectivity index (χ4v) is 2.66. The lowest BCUT2D eigenvalue weighted by molar-refractivity contribution is -0.132. The van der Waals surface area contributed by atoms with Gasteiger partial charge in [0.05, 0.1) is 18.7 Å². The lowest BCUT2D eigenvalue weighted by Crippen LogP contribution is -2.27. The zero-order chi connectivity index (χ0) is 20.5. The number of rotatable bonds is 9. The van der Waals surface area contributed by atoms with Crippen molar-refractivity contribution < 1.29 is 24.2 Å². The number of hydrogen-bond donors (Lipinski definition) is 2. The third kappa shape index (κ3) is 5.76. The summed E-state index contributed by atoms with van der Waals surface area (Å²) in [6, 6.07) is 11.5. The molecule has 0 atom stereocenters. The molecule has 0 heterocycles. The van der Waals surface area contributed by atoms with Crippen molar-refractivity contribution in [2.75, 3.05) is 13.7 Å². The van der Waals surface area contributed by atoms with E-state index in [1.165, 1.54) is 13.2 Å². The molecule has 148 valence electrons. The van der Waals surface area contributed by atoms with Crippen LogP contribution in [0, 0.1) is 0 Å². The molecular weight excluding hydrogens is 382 g/mol. The Labute approximate surface area is 168 Å². The fraction of sp³-hybridized carbons (Fsp3) is 0.238. The highest BCUT2D eigenvalue weighted by atomic mass is 35.5. The lowest BCUT2D eigenvalue weighted by atomic mass is 10.1. The number of halogens is 1. The first-order valence-corrected chi connectivity index (χ1v) is 9.15. The molecule has 0 aromatic heterocycles. The number of hydrogen-bond acceptors (Lipinski definition) is 4. The van der Waals surface area contributed by atoms with Crippen LogP contribution in [0.5, 0.6) is 11.5 Å². The molecule has 0 aliphatic rings. The predicted octanol–water partition coefficient (Wildman–Crippen LogP) is 4.38. The highest BCUT2D eigenvalue weighted by Crippen LogP contribution is 2.37. The van der Waals surface area contributed by atoms with E-state index < -0.39 is 11.9 Å². The third-order valence-electron chi connectivity index (χ3n) is 3.82. The van der Waals surface area contributed by atoms with Crippen LogP contribution in [0.1, 0.15) is 35.7 Å². The molecule has 2 rings (SSSR count). The topological polar surface area (TPSA) is 84.9 Å². The number of amides is 1. The number of carboxylic acids is 1. The number of methoxy groups -OCH3 is 1. The minimum absolute atomic E-state index is 0.286. The highest BCUT2D eigenvalue weighted by molar-refractivity contribution is 6.32. The molecule has 2 N–H and O–H groups in total. The summed E-state index contributed by atoms with van der Waals surface area (Å²) in [6.45, 7) is 2.54. The third-order valence-corrected chi connectivity index (χ3v) is 4.10. The first-order valence-electron chi connectivity index (χ1n) is 8.78. The summed E-state index contributed by atoms with van der Waals surface area (Å²) in [5.41, 5.74) is 0.520. The maximum Gasteiger partial charge on any atom is 0.352 e. The summed E-state index contributed by atoms with van der Waals surface area (Å²) in [5.74, 6) is -1.01. The van der Waals surface area contributed by atoms with E-state index in [0.29, 0.717) is 34.3 Å². The van der Waals surface area contributed by atoms with Gasteiger partial charge in [-0.3, -0.25) is 4.79 Å². The maximum absolute atomic E-state index is 12.3. The van der Waals surface area contributed by atoms with Crippen molar-refractivity contribution in [3.8, 4) is 11.5 Å². The van der Waals surface area contributed by atoms with Crippen LogP contribution in [0.4, 0.5) is 0 Å². The van der Waals surface area contributed by atoms with E-state index in [-0.39, 0.29) is 5.70 Å². The summed E-state index contributed by atoms with van der Waals surface area (Å²) >= 11 is 6.29. The van der Waals surface area contributed by atoms with E-state index in [9.17, 15) is 14.7 Å². The largest absolute Gasteiger partial charge is 0.493 e. The average Bonchev–Trinajstić information content (AvgIpc) is 2.69. The van der Waals surface area contributed by atoms with Crippen molar-refractivity contribution in [2.24, 2.45) is 0 Å². The van der Waals surface area contributed by atoms with E-state index in [0.717, 1.165) is 12.8 Å². The number of ether oxygens (including phenoxy) is 2. The molecule has 0 aliphatic heterocycles. The average molecular weight is 404 g/mol. The van der Waals surface area contributed by atoms with Crippen LogP contribution in [0.15, 0.2) is 48.2 Å². The molecule has 0 bridgehead atoms. The van der Waals surface area contributed by atoms with E-state index in [4.69, 9.17) is 21.1 Å². The van der Waals surface area contributed by atoms with Gasteiger partial charge < -0.3 is 19.9 Å². The molecule has 0 unspecified atom stereocenters. The van der Waals surface area contributed by atoms with Crippen molar-refractivity contribution >= 4 is 29.6 Å². The molecule has 0 radical (unpaired) electrons. The van der Waals surface area contributed by atoms with Crippen molar-refractivity contribution in [1.82, 2.24) is 5.32 Å². The first kappa shape index (κ1) is 21.3. The van der Waals surface area contributed by atoms with Gasteiger partial charge in [0, 0.05) is 5.56 Å². The molecule has 7 heteroatoms. The molecule has 0 saturated carbocycles. The van der Waals surface area contributed by atoms with E-state index in [1.807, 2.05) is 6.92 Å². The Hall–Kier alpha value is -2.99. The number of nitrogens with one attached hydrogen (secondary N) is 1. The van der Waals surface area contributed by atoms with E-state index in [1.54, 1.807) is 42.5 Å². The molecule has 0 aliphatic carbocycles. The van der Waals surface area contributed by atoms with Crippen molar-refractivity contribution in [3.05, 3.63) is 64.3 Å². The lowest BCUT2D eigenvalue weighted by Gasteiger charge is -2.13. The monoisotopic (exact) mass is 403 g/mol. The number of carboxylic acid groups (broad SMARTS) is 1. The molecule has 2 aromatic rings. The van der Waals surface area contributed by atoms with E-state index >= 15 is 0 Å².